The van der Waals surface area contributed by atoms with Crippen LogP contribution in [0.3, 0.4) is 0 Å². The molecule has 0 saturated heterocycles. The Hall–Kier alpha value is -2.56. The van der Waals surface area contributed by atoms with E-state index in [9.17, 15) is 9.18 Å². The molecule has 0 unspecified atom stereocenters. The van der Waals surface area contributed by atoms with Gasteiger partial charge in [0.25, 0.3) is 5.91 Å². The third kappa shape index (κ3) is 5.26. The van der Waals surface area contributed by atoms with Gasteiger partial charge in [-0.2, -0.15) is 0 Å². The van der Waals surface area contributed by atoms with Crippen LogP contribution in [0.2, 0.25) is 0 Å². The Morgan fingerprint density at radius 2 is 1.67 bits per heavy atom. The van der Waals surface area contributed by atoms with Crippen LogP contribution < -0.4 is 9.47 Å². The van der Waals surface area contributed by atoms with Gasteiger partial charge in [0.2, 0.25) is 0 Å². The number of ether oxygens (including phenoxy) is 2. The summed E-state index contributed by atoms with van der Waals surface area (Å²) in [4.78, 5) is 13.7. The van der Waals surface area contributed by atoms with Crippen LogP contribution in [0, 0.1) is 5.82 Å². The predicted octanol–water partition coefficient (Wildman–Crippen LogP) is 3.65. The zero-order valence-corrected chi connectivity index (χ0v) is 14.0. The van der Waals surface area contributed by atoms with Crippen LogP contribution in [-0.2, 0) is 11.3 Å². The average Bonchev–Trinajstić information content (AvgIpc) is 2.60. The number of rotatable bonds is 8. The highest BCUT2D eigenvalue weighted by Gasteiger charge is 2.12. The summed E-state index contributed by atoms with van der Waals surface area (Å²) in [5, 5.41) is 0. The number of carbonyl (C=O) groups excluding carboxylic acids is 1. The molecule has 5 heteroatoms. The Bertz CT molecular complexity index is 658. The van der Waals surface area contributed by atoms with Gasteiger partial charge in [0, 0.05) is 13.6 Å². The van der Waals surface area contributed by atoms with Gasteiger partial charge in [-0.3, -0.25) is 4.79 Å². The zero-order valence-electron chi connectivity index (χ0n) is 14.0. The van der Waals surface area contributed by atoms with Gasteiger partial charge in [0.1, 0.15) is 5.82 Å². The van der Waals surface area contributed by atoms with E-state index in [0.717, 1.165) is 12.0 Å². The minimum atomic E-state index is -0.292. The fraction of sp³-hybridized carbons (Fsp3) is 0.316. The van der Waals surface area contributed by atoms with Crippen molar-refractivity contribution in [1.29, 1.82) is 0 Å². The van der Waals surface area contributed by atoms with Crippen molar-refractivity contribution in [1.82, 2.24) is 4.90 Å². The molecule has 2 aromatic rings. The highest BCUT2D eigenvalue weighted by molar-refractivity contribution is 5.77. The molecule has 1 amide bonds. The summed E-state index contributed by atoms with van der Waals surface area (Å²) in [6.45, 7) is 2.94. The Kier molecular flexibility index (Phi) is 6.61. The number of amides is 1. The average molecular weight is 331 g/mol. The standard InChI is InChI=1S/C19H22FNO3/c1-3-12-23-17-6-4-5-7-18(17)24-14-19(22)21(2)13-15-8-10-16(20)11-9-15/h4-11H,3,12-14H2,1-2H3. The minimum absolute atomic E-state index is 0.0792. The third-order valence-electron chi connectivity index (χ3n) is 3.42. The van der Waals surface area contributed by atoms with Crippen LogP contribution in [0.1, 0.15) is 18.9 Å². The van der Waals surface area contributed by atoms with Gasteiger partial charge < -0.3 is 14.4 Å². The highest BCUT2D eigenvalue weighted by atomic mass is 19.1. The number of hydrogen-bond acceptors (Lipinski definition) is 3. The smallest absolute Gasteiger partial charge is 0.260 e. The molecule has 0 saturated carbocycles. The first-order chi connectivity index (χ1) is 11.6. The quantitative estimate of drug-likeness (QED) is 0.741. The molecule has 0 fully saturated rings. The molecule has 24 heavy (non-hydrogen) atoms. The Balaban J connectivity index is 1.89. The van der Waals surface area contributed by atoms with Crippen molar-refractivity contribution in [2.75, 3.05) is 20.3 Å². The van der Waals surface area contributed by atoms with Gasteiger partial charge in [-0.05, 0) is 36.2 Å². The van der Waals surface area contributed by atoms with E-state index in [1.54, 1.807) is 30.1 Å². The first-order valence-corrected chi connectivity index (χ1v) is 7.93. The van der Waals surface area contributed by atoms with Crippen molar-refractivity contribution in [2.45, 2.75) is 19.9 Å². The molecule has 2 rings (SSSR count). The summed E-state index contributed by atoms with van der Waals surface area (Å²) < 4.78 is 24.1. The second-order valence-electron chi connectivity index (χ2n) is 5.46. The first kappa shape index (κ1) is 17.8. The van der Waals surface area contributed by atoms with E-state index in [2.05, 4.69) is 0 Å². The number of nitrogens with zero attached hydrogens (tertiary/aromatic N) is 1. The summed E-state index contributed by atoms with van der Waals surface area (Å²) in [7, 11) is 1.69. The number of carbonyl (C=O) groups is 1. The van der Waals surface area contributed by atoms with Crippen molar-refractivity contribution < 1.29 is 18.7 Å². The van der Waals surface area contributed by atoms with Gasteiger partial charge in [-0.1, -0.05) is 31.2 Å². The SMILES string of the molecule is CCCOc1ccccc1OCC(=O)N(C)Cc1ccc(F)cc1. The van der Waals surface area contributed by atoms with Crippen molar-refractivity contribution >= 4 is 5.91 Å². The van der Waals surface area contributed by atoms with Gasteiger partial charge in [0.05, 0.1) is 6.61 Å². The normalized spacial score (nSPS) is 10.3. The van der Waals surface area contributed by atoms with Crippen molar-refractivity contribution in [3.05, 3.63) is 59.9 Å². The lowest BCUT2D eigenvalue weighted by Crippen LogP contribution is -2.31. The van der Waals surface area contributed by atoms with Crippen LogP contribution in [0.4, 0.5) is 4.39 Å². The summed E-state index contributed by atoms with van der Waals surface area (Å²) in [6, 6.07) is 13.4. The van der Waals surface area contributed by atoms with E-state index in [1.807, 2.05) is 25.1 Å². The molecule has 0 atom stereocenters. The second-order valence-corrected chi connectivity index (χ2v) is 5.46. The Morgan fingerprint density at radius 3 is 2.29 bits per heavy atom. The molecule has 2 aromatic carbocycles. The monoisotopic (exact) mass is 331 g/mol. The molecule has 0 aliphatic carbocycles. The zero-order chi connectivity index (χ0) is 17.4. The summed E-state index contributed by atoms with van der Waals surface area (Å²) in [6.07, 6.45) is 0.897. The minimum Gasteiger partial charge on any atom is -0.490 e. The van der Waals surface area contributed by atoms with E-state index >= 15 is 0 Å². The van der Waals surface area contributed by atoms with Gasteiger partial charge >= 0.3 is 0 Å². The number of benzene rings is 2. The van der Waals surface area contributed by atoms with E-state index in [1.165, 1.54) is 12.1 Å². The molecule has 0 aliphatic heterocycles. The van der Waals surface area contributed by atoms with Crippen LogP contribution in [-0.4, -0.2) is 31.1 Å². The lowest BCUT2D eigenvalue weighted by Gasteiger charge is -2.18. The molecule has 0 aromatic heterocycles. The maximum Gasteiger partial charge on any atom is 0.260 e. The third-order valence-corrected chi connectivity index (χ3v) is 3.42. The number of halogens is 1. The van der Waals surface area contributed by atoms with Crippen LogP contribution in [0.5, 0.6) is 11.5 Å². The molecule has 128 valence electrons. The maximum absolute atomic E-state index is 12.9. The van der Waals surface area contributed by atoms with Crippen molar-refractivity contribution in [3.8, 4) is 11.5 Å². The molecular formula is C19H22FNO3. The first-order valence-electron chi connectivity index (χ1n) is 7.93. The highest BCUT2D eigenvalue weighted by Crippen LogP contribution is 2.26. The van der Waals surface area contributed by atoms with Crippen LogP contribution >= 0.6 is 0 Å². The van der Waals surface area contributed by atoms with E-state index in [0.29, 0.717) is 24.7 Å². The van der Waals surface area contributed by atoms with E-state index in [-0.39, 0.29) is 18.3 Å². The van der Waals surface area contributed by atoms with Crippen LogP contribution in [0.25, 0.3) is 0 Å². The summed E-state index contributed by atoms with van der Waals surface area (Å²) in [5.41, 5.74) is 0.860. The largest absolute Gasteiger partial charge is 0.490 e. The molecule has 0 heterocycles. The van der Waals surface area contributed by atoms with Gasteiger partial charge in [0.15, 0.2) is 18.1 Å². The number of hydrogen-bond donors (Lipinski definition) is 0. The molecule has 0 radical (unpaired) electrons. The molecule has 0 spiro atoms. The van der Waals surface area contributed by atoms with Crippen LogP contribution in [0.15, 0.2) is 48.5 Å². The molecule has 0 aliphatic rings. The molecular weight excluding hydrogens is 309 g/mol. The van der Waals surface area contributed by atoms with Crippen molar-refractivity contribution in [3.63, 3.8) is 0 Å². The molecule has 4 nitrogen and oxygen atoms in total. The fourth-order valence-electron chi connectivity index (χ4n) is 2.10. The Morgan fingerprint density at radius 1 is 1.04 bits per heavy atom. The number of likely N-dealkylation sites (N-methyl/N-ethyl adjacent to an activating group) is 1. The lowest BCUT2D eigenvalue weighted by atomic mass is 10.2. The van der Waals surface area contributed by atoms with Crippen molar-refractivity contribution in [2.24, 2.45) is 0 Å². The summed E-state index contributed by atoms with van der Waals surface area (Å²) in [5.74, 6) is 0.729. The summed E-state index contributed by atoms with van der Waals surface area (Å²) >= 11 is 0. The van der Waals surface area contributed by atoms with Gasteiger partial charge in [-0.25, -0.2) is 4.39 Å². The fourth-order valence-corrected chi connectivity index (χ4v) is 2.10. The number of para-hydroxylation sites is 2. The Labute approximate surface area is 141 Å². The molecule has 0 N–H and O–H groups in total. The topological polar surface area (TPSA) is 38.8 Å². The van der Waals surface area contributed by atoms with E-state index < -0.39 is 0 Å². The maximum atomic E-state index is 12.9. The lowest BCUT2D eigenvalue weighted by molar-refractivity contribution is -0.132. The second kappa shape index (κ2) is 8.91. The molecule has 0 bridgehead atoms. The predicted molar refractivity (Wildman–Crippen MR) is 90.6 cm³/mol. The van der Waals surface area contributed by atoms with E-state index in [4.69, 9.17) is 9.47 Å². The van der Waals surface area contributed by atoms with Gasteiger partial charge in [-0.15, -0.1) is 0 Å².